The molecule has 19 heteroatoms. The molecule has 2 aliphatic carbocycles. The molecule has 6 heterocycles. The first-order chi connectivity index (χ1) is 39.4. The number of carbonyl (C=O) groups excluding carboxylic acids is 2. The topological polar surface area (TPSA) is 200 Å². The highest BCUT2D eigenvalue weighted by Crippen LogP contribution is 2.39. The van der Waals surface area contributed by atoms with Gasteiger partial charge in [-0.05, 0) is 157 Å². The van der Waals surface area contributed by atoms with E-state index in [0.29, 0.717) is 70.6 Å². The number of aryl methyl sites for hydroxylation is 2. The summed E-state index contributed by atoms with van der Waals surface area (Å²) in [4.78, 5) is 48.5. The molecule has 2 fully saturated rings. The number of ether oxygens (including phenoxy) is 2. The smallest absolute Gasteiger partial charge is 0.227 e. The Labute approximate surface area is 492 Å². The number of carbonyl (C=O) groups is 2. The van der Waals surface area contributed by atoms with Gasteiger partial charge in [-0.15, -0.1) is 0 Å². The van der Waals surface area contributed by atoms with Gasteiger partial charge in [-0.1, -0.05) is 57.9 Å². The lowest BCUT2D eigenvalue weighted by molar-refractivity contribution is -0.158. The normalized spacial score (nSPS) is 17.9. The summed E-state index contributed by atoms with van der Waals surface area (Å²) in [7, 11) is -1.79. The monoisotopic (exact) mass is 1150 g/mol. The van der Waals surface area contributed by atoms with Crippen molar-refractivity contribution in [2.24, 2.45) is 0 Å². The number of aliphatic hydroxyl groups excluding tert-OH is 1. The highest BCUT2D eigenvalue weighted by atomic mass is 28.4. The van der Waals surface area contributed by atoms with Gasteiger partial charge >= 0.3 is 0 Å². The summed E-state index contributed by atoms with van der Waals surface area (Å²) in [5.74, 6) is 1.99. The van der Waals surface area contributed by atoms with Crippen molar-refractivity contribution in [1.82, 2.24) is 49.3 Å². The molecule has 446 valence electrons. The van der Waals surface area contributed by atoms with Crippen molar-refractivity contribution in [2.75, 3.05) is 50.0 Å². The zero-order chi connectivity index (χ0) is 59.1. The Balaban J connectivity index is 0.000000202. The highest BCUT2D eigenvalue weighted by Gasteiger charge is 2.38. The van der Waals surface area contributed by atoms with Gasteiger partial charge in [0.05, 0.1) is 84.9 Å². The summed E-state index contributed by atoms with van der Waals surface area (Å²) in [6.45, 7) is 28.3. The van der Waals surface area contributed by atoms with Gasteiger partial charge in [0.2, 0.25) is 23.7 Å². The van der Waals surface area contributed by atoms with E-state index in [2.05, 4.69) is 143 Å². The molecule has 83 heavy (non-hydrogen) atoms. The van der Waals surface area contributed by atoms with Crippen LogP contribution < -0.4 is 10.6 Å². The van der Waals surface area contributed by atoms with Crippen LogP contribution in [0.1, 0.15) is 148 Å². The third-order valence-corrected chi connectivity index (χ3v) is 21.1. The Morgan fingerprint density at radius 2 is 1.07 bits per heavy atom. The first-order valence-corrected chi connectivity index (χ1v) is 33.0. The molecule has 10 rings (SSSR count). The van der Waals surface area contributed by atoms with Crippen LogP contribution in [0.25, 0.3) is 22.5 Å². The molecule has 2 amide bonds. The number of rotatable bonds is 18. The number of anilines is 4. The predicted octanol–water partition coefficient (Wildman–Crippen LogP) is 11.6. The molecular formula is C64H90N12O6Si. The van der Waals surface area contributed by atoms with Crippen molar-refractivity contribution >= 4 is 43.4 Å². The number of likely N-dealkylation sites (tertiary alicyclic amines) is 2. The minimum absolute atomic E-state index is 0.0333. The molecule has 4 aromatic heterocycles. The second kappa shape index (κ2) is 26.3. The Morgan fingerprint density at radius 1 is 0.627 bits per heavy atom. The number of nitrogens with one attached hydrogen (secondary N) is 2. The van der Waals surface area contributed by atoms with Crippen molar-refractivity contribution in [2.45, 2.75) is 193 Å². The van der Waals surface area contributed by atoms with Gasteiger partial charge in [0, 0.05) is 74.9 Å². The Morgan fingerprint density at radius 3 is 1.49 bits per heavy atom. The van der Waals surface area contributed by atoms with E-state index in [9.17, 15) is 9.59 Å². The highest BCUT2D eigenvalue weighted by molar-refractivity contribution is 6.74. The molecule has 2 atom stereocenters. The zero-order valence-electron chi connectivity index (χ0n) is 51.1. The average Bonchev–Trinajstić information content (AvgIpc) is 4.01. The predicted molar refractivity (Wildman–Crippen MR) is 328 cm³/mol. The number of amides is 2. The number of benzene rings is 2. The van der Waals surface area contributed by atoms with Crippen LogP contribution >= 0.6 is 0 Å². The number of nitrogens with zero attached hydrogens (tertiary/aromatic N) is 10. The SMILES string of the molecule is CC(C)(C)OC1CN(C(=O)CC2CCCCc3cc(-c4ccnc(Nc5cnn(CCO)c5)n4)ccc32)C1.CC(C)(C)OC1CN(C(=O)CC2CCCCc3cc(-c4ccnc(Nc5cnn(CCO[Si](C)(C)C(C)(C)C)c5)n4)ccc32)C1. The van der Waals surface area contributed by atoms with Gasteiger partial charge in [0.25, 0.3) is 0 Å². The maximum absolute atomic E-state index is 13.2. The molecule has 2 unspecified atom stereocenters. The Kier molecular flexibility index (Phi) is 19.4. The average molecular weight is 1150 g/mol. The summed E-state index contributed by atoms with van der Waals surface area (Å²) in [5.41, 5.74) is 10.3. The summed E-state index contributed by atoms with van der Waals surface area (Å²) >= 11 is 0. The van der Waals surface area contributed by atoms with Gasteiger partial charge in [0.15, 0.2) is 8.32 Å². The second-order valence-corrected chi connectivity index (χ2v) is 31.3. The van der Waals surface area contributed by atoms with E-state index in [4.69, 9.17) is 29.0 Å². The van der Waals surface area contributed by atoms with Crippen LogP contribution in [0.15, 0.2) is 85.7 Å². The number of fused-ring (bicyclic) bond motifs is 2. The molecule has 18 nitrogen and oxygen atoms in total. The molecule has 2 aliphatic heterocycles. The van der Waals surface area contributed by atoms with Crippen molar-refractivity contribution in [3.05, 3.63) is 108 Å². The lowest BCUT2D eigenvalue weighted by Gasteiger charge is -2.42. The first-order valence-electron chi connectivity index (χ1n) is 30.1. The summed E-state index contributed by atoms with van der Waals surface area (Å²) in [5, 5.41) is 24.5. The van der Waals surface area contributed by atoms with Crippen LogP contribution in [0.5, 0.6) is 0 Å². The first kappa shape index (κ1) is 61.2. The van der Waals surface area contributed by atoms with E-state index < -0.39 is 8.32 Å². The lowest BCUT2D eigenvalue weighted by atomic mass is 9.88. The zero-order valence-corrected chi connectivity index (χ0v) is 52.1. The largest absolute Gasteiger partial charge is 0.415 e. The summed E-state index contributed by atoms with van der Waals surface area (Å²) in [6.07, 6.45) is 20.9. The fraction of sp³-hybridized carbons (Fsp3) is 0.562. The van der Waals surface area contributed by atoms with Crippen LogP contribution in [0.3, 0.4) is 0 Å². The second-order valence-electron chi connectivity index (χ2n) is 26.5. The van der Waals surface area contributed by atoms with Crippen LogP contribution in [-0.2, 0) is 49.4 Å². The maximum Gasteiger partial charge on any atom is 0.227 e. The number of hydrogen-bond acceptors (Lipinski definition) is 14. The molecule has 3 N–H and O–H groups in total. The Bertz CT molecular complexity index is 3150. The van der Waals surface area contributed by atoms with Crippen LogP contribution in [0.2, 0.25) is 18.1 Å². The molecular weight excluding hydrogens is 1060 g/mol. The number of hydrogen-bond donors (Lipinski definition) is 3. The number of aliphatic hydroxyl groups is 1. The quantitative estimate of drug-likeness (QED) is 0.0542. The van der Waals surface area contributed by atoms with Gasteiger partial charge < -0.3 is 39.4 Å². The molecule has 0 saturated carbocycles. The van der Waals surface area contributed by atoms with E-state index in [0.717, 1.165) is 85.3 Å². The summed E-state index contributed by atoms with van der Waals surface area (Å²) < 4.78 is 21.9. The number of aromatic nitrogens is 8. The fourth-order valence-electron chi connectivity index (χ4n) is 11.3. The van der Waals surface area contributed by atoms with Gasteiger partial charge in [0.1, 0.15) is 0 Å². The molecule has 0 spiro atoms. The third kappa shape index (κ3) is 16.7. The van der Waals surface area contributed by atoms with E-state index in [-0.39, 0.29) is 58.7 Å². The Hall–Kier alpha value is -6.38. The van der Waals surface area contributed by atoms with Crippen molar-refractivity contribution in [1.29, 1.82) is 0 Å². The van der Waals surface area contributed by atoms with E-state index in [1.165, 1.54) is 22.3 Å². The van der Waals surface area contributed by atoms with E-state index >= 15 is 0 Å². The van der Waals surface area contributed by atoms with E-state index in [1.807, 2.05) is 39.0 Å². The molecule has 0 bridgehead atoms. The van der Waals surface area contributed by atoms with E-state index in [1.54, 1.807) is 29.5 Å². The lowest BCUT2D eigenvalue weighted by Crippen LogP contribution is -2.56. The van der Waals surface area contributed by atoms with Crippen molar-refractivity contribution in [3.63, 3.8) is 0 Å². The standard InChI is InChI=1S/C35H52N6O3Si.C29H38N6O3/c1-34(2,3)44-29-23-40(24-29)32(42)20-26-12-10-9-11-25-19-27(13-14-30(25)26)31-15-16-36-33(39-31)38-28-21-37-41(22-28)17-18-43-45(7,8)35(4,5)6;1-29(2,3)38-24-18-34(19-24)27(37)15-21-7-5-4-6-20-14-22(8-9-25(20)21)26-10-11-30-28(33-26)32-23-16-31-35(17-23)12-13-36/h13-16,19,21-22,26,29H,9-12,17-18,20,23-24H2,1-8H3,(H,36,38,39);8-11,14,16-17,21,24,36H,4-7,12-13,15,18-19H2,1-3H3,(H,30,32,33). The molecule has 6 aromatic rings. The van der Waals surface area contributed by atoms with Crippen LogP contribution in [0, 0.1) is 0 Å². The van der Waals surface area contributed by atoms with Gasteiger partial charge in [-0.25, -0.2) is 19.9 Å². The van der Waals surface area contributed by atoms with Gasteiger partial charge in [-0.2, -0.15) is 10.2 Å². The van der Waals surface area contributed by atoms with Crippen molar-refractivity contribution < 1.29 is 28.6 Å². The fourth-order valence-corrected chi connectivity index (χ4v) is 12.3. The molecule has 2 aromatic carbocycles. The van der Waals surface area contributed by atoms with Crippen molar-refractivity contribution in [3.8, 4) is 22.5 Å². The van der Waals surface area contributed by atoms with Crippen LogP contribution in [-0.4, -0.2) is 137 Å². The molecule has 0 radical (unpaired) electrons. The minimum Gasteiger partial charge on any atom is -0.415 e. The molecule has 2 saturated heterocycles. The molecule has 4 aliphatic rings. The minimum atomic E-state index is -1.79. The maximum atomic E-state index is 13.2. The van der Waals surface area contributed by atoms with Gasteiger partial charge in [-0.3, -0.25) is 19.0 Å². The van der Waals surface area contributed by atoms with Crippen LogP contribution in [0.4, 0.5) is 23.3 Å². The third-order valence-electron chi connectivity index (χ3n) is 16.5. The summed E-state index contributed by atoms with van der Waals surface area (Å²) in [6, 6.07) is 17.0.